The van der Waals surface area contributed by atoms with E-state index < -0.39 is 0 Å². The van der Waals surface area contributed by atoms with Gasteiger partial charge in [0.15, 0.2) is 0 Å². The molecule has 0 rings (SSSR count). The molecule has 0 bridgehead atoms. The van der Waals surface area contributed by atoms with Crippen molar-refractivity contribution in [3.05, 3.63) is 12.7 Å². The molecule has 1 unspecified atom stereocenters. The van der Waals surface area contributed by atoms with Crippen LogP contribution in [0.4, 0.5) is 0 Å². The van der Waals surface area contributed by atoms with Gasteiger partial charge in [-0.05, 0) is 39.9 Å². The molecule has 0 heterocycles. The van der Waals surface area contributed by atoms with Crippen LogP contribution in [-0.4, -0.2) is 26.2 Å². The Hall–Kier alpha value is -0.340. The molecule has 66 valence electrons. The summed E-state index contributed by atoms with van der Waals surface area (Å²) in [6.07, 6.45) is 4.19. The molecule has 2 nitrogen and oxygen atoms in total. The number of rotatable bonds is 7. The molecule has 0 fully saturated rings. The van der Waals surface area contributed by atoms with Gasteiger partial charge in [-0.1, -0.05) is 6.08 Å². The van der Waals surface area contributed by atoms with Gasteiger partial charge in [-0.25, -0.2) is 0 Å². The SMILES string of the molecule is C=CCCNC(C)CCNC. The van der Waals surface area contributed by atoms with Crippen LogP contribution in [0.25, 0.3) is 0 Å². The van der Waals surface area contributed by atoms with Gasteiger partial charge >= 0.3 is 0 Å². The smallest absolute Gasteiger partial charge is 0.00509 e. The van der Waals surface area contributed by atoms with Crippen LogP contribution in [0, 0.1) is 0 Å². The third-order valence-electron chi connectivity index (χ3n) is 1.67. The monoisotopic (exact) mass is 156 g/mol. The second-order valence-electron chi connectivity index (χ2n) is 2.82. The van der Waals surface area contributed by atoms with Gasteiger partial charge < -0.3 is 10.6 Å². The highest BCUT2D eigenvalue weighted by Gasteiger charge is 1.97. The highest BCUT2D eigenvalue weighted by Crippen LogP contribution is 1.88. The van der Waals surface area contributed by atoms with Gasteiger partial charge in [0, 0.05) is 6.04 Å². The highest BCUT2D eigenvalue weighted by molar-refractivity contribution is 4.69. The molecule has 11 heavy (non-hydrogen) atoms. The standard InChI is InChI=1S/C9H20N2/c1-4-5-7-11-9(2)6-8-10-3/h4,9-11H,1,5-8H2,2-3H3. The van der Waals surface area contributed by atoms with Crippen molar-refractivity contribution >= 4 is 0 Å². The van der Waals surface area contributed by atoms with E-state index in [2.05, 4.69) is 24.1 Å². The zero-order valence-electron chi connectivity index (χ0n) is 7.69. The van der Waals surface area contributed by atoms with Gasteiger partial charge in [0.25, 0.3) is 0 Å². The van der Waals surface area contributed by atoms with E-state index in [0.29, 0.717) is 6.04 Å². The summed E-state index contributed by atoms with van der Waals surface area (Å²) in [5, 5.41) is 6.54. The van der Waals surface area contributed by atoms with Crippen molar-refractivity contribution in [3.63, 3.8) is 0 Å². The molecule has 0 saturated heterocycles. The van der Waals surface area contributed by atoms with Crippen molar-refractivity contribution in [1.82, 2.24) is 10.6 Å². The van der Waals surface area contributed by atoms with Crippen LogP contribution in [-0.2, 0) is 0 Å². The first-order chi connectivity index (χ1) is 5.31. The summed E-state index contributed by atoms with van der Waals surface area (Å²) < 4.78 is 0. The summed E-state index contributed by atoms with van der Waals surface area (Å²) in [6, 6.07) is 0.613. The maximum atomic E-state index is 3.67. The summed E-state index contributed by atoms with van der Waals surface area (Å²) in [5.41, 5.74) is 0. The summed E-state index contributed by atoms with van der Waals surface area (Å²) in [5.74, 6) is 0. The van der Waals surface area contributed by atoms with Crippen molar-refractivity contribution in [2.45, 2.75) is 25.8 Å². The van der Waals surface area contributed by atoms with E-state index in [1.165, 1.54) is 6.42 Å². The topological polar surface area (TPSA) is 24.1 Å². The third-order valence-corrected chi connectivity index (χ3v) is 1.67. The third kappa shape index (κ3) is 7.56. The fourth-order valence-corrected chi connectivity index (χ4v) is 0.895. The maximum absolute atomic E-state index is 3.67. The fourth-order valence-electron chi connectivity index (χ4n) is 0.895. The lowest BCUT2D eigenvalue weighted by Crippen LogP contribution is -2.29. The first kappa shape index (κ1) is 10.7. The van der Waals surface area contributed by atoms with Crippen LogP contribution in [0.1, 0.15) is 19.8 Å². The van der Waals surface area contributed by atoms with Crippen molar-refractivity contribution in [1.29, 1.82) is 0 Å². The molecule has 1 atom stereocenters. The molecule has 0 aromatic rings. The summed E-state index contributed by atoms with van der Waals surface area (Å²) in [7, 11) is 1.98. The molecule has 0 aromatic heterocycles. The molecule has 0 aliphatic carbocycles. The summed E-state index contributed by atoms with van der Waals surface area (Å²) >= 11 is 0. The first-order valence-corrected chi connectivity index (χ1v) is 4.30. The molecule has 2 N–H and O–H groups in total. The van der Waals surface area contributed by atoms with E-state index in [0.717, 1.165) is 19.5 Å². The van der Waals surface area contributed by atoms with Gasteiger partial charge in [0.2, 0.25) is 0 Å². The second-order valence-corrected chi connectivity index (χ2v) is 2.82. The number of nitrogens with one attached hydrogen (secondary N) is 2. The fraction of sp³-hybridized carbons (Fsp3) is 0.778. The van der Waals surface area contributed by atoms with Gasteiger partial charge in [0.05, 0.1) is 0 Å². The molecule has 0 aliphatic heterocycles. The zero-order chi connectivity index (χ0) is 8.53. The predicted octanol–water partition coefficient (Wildman–Crippen LogP) is 1.15. The average molecular weight is 156 g/mol. The molecular formula is C9H20N2. The molecule has 0 radical (unpaired) electrons. The highest BCUT2D eigenvalue weighted by atomic mass is 14.9. The van der Waals surface area contributed by atoms with E-state index in [9.17, 15) is 0 Å². The van der Waals surface area contributed by atoms with E-state index in [1.807, 2.05) is 13.1 Å². The van der Waals surface area contributed by atoms with Crippen LogP contribution in [0.5, 0.6) is 0 Å². The second kappa shape index (κ2) is 7.76. The Morgan fingerprint density at radius 1 is 1.45 bits per heavy atom. The van der Waals surface area contributed by atoms with Gasteiger partial charge in [-0.3, -0.25) is 0 Å². The summed E-state index contributed by atoms with van der Waals surface area (Å²) in [6.45, 7) is 8.01. The molecule has 0 amide bonds. The Labute approximate surface area is 70.1 Å². The van der Waals surface area contributed by atoms with Crippen molar-refractivity contribution in [2.24, 2.45) is 0 Å². The zero-order valence-corrected chi connectivity index (χ0v) is 7.69. The van der Waals surface area contributed by atoms with Crippen LogP contribution >= 0.6 is 0 Å². The maximum Gasteiger partial charge on any atom is 0.00509 e. The lowest BCUT2D eigenvalue weighted by Gasteiger charge is -2.11. The quantitative estimate of drug-likeness (QED) is 0.427. The van der Waals surface area contributed by atoms with Crippen LogP contribution in [0.3, 0.4) is 0 Å². The van der Waals surface area contributed by atoms with Crippen LogP contribution < -0.4 is 10.6 Å². The largest absolute Gasteiger partial charge is 0.320 e. The van der Waals surface area contributed by atoms with E-state index >= 15 is 0 Å². The van der Waals surface area contributed by atoms with E-state index in [1.54, 1.807) is 0 Å². The van der Waals surface area contributed by atoms with E-state index in [4.69, 9.17) is 0 Å². The predicted molar refractivity (Wildman–Crippen MR) is 50.8 cm³/mol. The first-order valence-electron chi connectivity index (χ1n) is 4.30. The molecular weight excluding hydrogens is 136 g/mol. The van der Waals surface area contributed by atoms with Gasteiger partial charge in [-0.2, -0.15) is 0 Å². The molecule has 0 saturated carbocycles. The van der Waals surface area contributed by atoms with Crippen molar-refractivity contribution in [3.8, 4) is 0 Å². The molecule has 0 spiro atoms. The Balaban J connectivity index is 3.08. The Kier molecular flexibility index (Phi) is 7.52. The summed E-state index contributed by atoms with van der Waals surface area (Å²) in [4.78, 5) is 0. The van der Waals surface area contributed by atoms with Crippen LogP contribution in [0.2, 0.25) is 0 Å². The molecule has 0 aromatic carbocycles. The minimum Gasteiger partial charge on any atom is -0.320 e. The lowest BCUT2D eigenvalue weighted by atomic mass is 10.2. The average Bonchev–Trinajstić information content (AvgIpc) is 2.01. The van der Waals surface area contributed by atoms with Crippen molar-refractivity contribution in [2.75, 3.05) is 20.1 Å². The number of hydrogen-bond donors (Lipinski definition) is 2. The lowest BCUT2D eigenvalue weighted by molar-refractivity contribution is 0.509. The van der Waals surface area contributed by atoms with E-state index in [-0.39, 0.29) is 0 Å². The molecule has 2 heteroatoms. The minimum absolute atomic E-state index is 0.613. The Morgan fingerprint density at radius 3 is 2.73 bits per heavy atom. The number of hydrogen-bond acceptors (Lipinski definition) is 2. The molecule has 0 aliphatic rings. The van der Waals surface area contributed by atoms with Gasteiger partial charge in [-0.15, -0.1) is 6.58 Å². The Morgan fingerprint density at radius 2 is 2.18 bits per heavy atom. The van der Waals surface area contributed by atoms with Gasteiger partial charge in [0.1, 0.15) is 0 Å². The normalized spacial score (nSPS) is 12.9. The van der Waals surface area contributed by atoms with Crippen LogP contribution in [0.15, 0.2) is 12.7 Å². The van der Waals surface area contributed by atoms with Crippen molar-refractivity contribution < 1.29 is 0 Å². The minimum atomic E-state index is 0.613. The Bertz CT molecular complexity index is 91.6.